The molecule has 2 aromatic carbocycles. The average molecular weight is 471 g/mol. The molecule has 5 aromatic rings. The first-order valence-corrected chi connectivity index (χ1v) is 12.7. The van der Waals surface area contributed by atoms with Crippen LogP contribution in [0.4, 0.5) is 0 Å². The maximum atomic E-state index is 11.8. The highest BCUT2D eigenvalue weighted by molar-refractivity contribution is 7.90. The first-order valence-electron chi connectivity index (χ1n) is 10.8. The van der Waals surface area contributed by atoms with Gasteiger partial charge >= 0.3 is 0 Å². The third-order valence-electron chi connectivity index (χ3n) is 5.79. The minimum Gasteiger partial charge on any atom is -0.326 e. The molecule has 0 spiro atoms. The van der Waals surface area contributed by atoms with Gasteiger partial charge in [-0.3, -0.25) is 9.67 Å². The molecular weight excluding hydrogens is 448 g/mol. The van der Waals surface area contributed by atoms with Crippen molar-refractivity contribution in [3.05, 3.63) is 84.2 Å². The Morgan fingerprint density at radius 1 is 1.03 bits per heavy atom. The molecule has 0 radical (unpaired) electrons. The van der Waals surface area contributed by atoms with E-state index >= 15 is 0 Å². The van der Waals surface area contributed by atoms with Crippen LogP contribution in [0.3, 0.4) is 0 Å². The van der Waals surface area contributed by atoms with Crippen LogP contribution in [0.5, 0.6) is 0 Å². The van der Waals surface area contributed by atoms with E-state index in [0.29, 0.717) is 19.6 Å². The maximum absolute atomic E-state index is 11.8. The molecule has 5 rings (SSSR count). The van der Waals surface area contributed by atoms with Crippen molar-refractivity contribution >= 4 is 31.8 Å². The molecule has 0 aliphatic carbocycles. The fourth-order valence-corrected chi connectivity index (χ4v) is 4.78. The van der Waals surface area contributed by atoms with E-state index in [9.17, 15) is 8.42 Å². The molecule has 0 aliphatic rings. The van der Waals surface area contributed by atoms with E-state index in [1.807, 2.05) is 35.0 Å². The number of benzene rings is 2. The van der Waals surface area contributed by atoms with Crippen molar-refractivity contribution in [1.82, 2.24) is 24.3 Å². The first-order chi connectivity index (χ1) is 16.5. The number of hydrogen-bond donors (Lipinski definition) is 0. The van der Waals surface area contributed by atoms with Crippen LogP contribution < -0.4 is 0 Å². The van der Waals surface area contributed by atoms with Crippen molar-refractivity contribution in [3.8, 4) is 11.3 Å². The summed E-state index contributed by atoms with van der Waals surface area (Å²) in [6.45, 7) is 8.71. The van der Waals surface area contributed by atoms with Crippen LogP contribution in [-0.2, 0) is 22.9 Å². The normalized spacial score (nSPS) is 11.8. The van der Waals surface area contributed by atoms with Gasteiger partial charge in [0.15, 0.2) is 9.84 Å². The first kappa shape index (κ1) is 21.8. The van der Waals surface area contributed by atoms with Crippen LogP contribution in [0.2, 0.25) is 0 Å². The molecule has 0 N–H and O–H groups in total. The van der Waals surface area contributed by atoms with Crippen molar-refractivity contribution in [2.75, 3.05) is 12.8 Å². The number of rotatable bonds is 7. The van der Waals surface area contributed by atoms with Crippen LogP contribution in [0.25, 0.3) is 38.0 Å². The fourth-order valence-electron chi connectivity index (χ4n) is 4.15. The lowest BCUT2D eigenvalue weighted by atomic mass is 10.1. The maximum Gasteiger partial charge on any atom is 0.216 e. The van der Waals surface area contributed by atoms with Gasteiger partial charge in [-0.25, -0.2) is 20.0 Å². The molecule has 0 aliphatic heterocycles. The second-order valence-electron chi connectivity index (χ2n) is 8.10. The molecule has 8 nitrogen and oxygen atoms in total. The Morgan fingerprint density at radius 3 is 2.59 bits per heavy atom. The number of hydrogen-bond acceptors (Lipinski definition) is 5. The topological polar surface area (TPSA) is 87.0 Å². The number of imidazole rings is 1. The molecule has 0 unspecified atom stereocenters. The Kier molecular flexibility index (Phi) is 5.59. The van der Waals surface area contributed by atoms with Gasteiger partial charge < -0.3 is 9.41 Å². The van der Waals surface area contributed by atoms with E-state index in [4.69, 9.17) is 16.7 Å². The zero-order valence-electron chi connectivity index (χ0n) is 18.6. The lowest BCUT2D eigenvalue weighted by Gasteiger charge is -2.08. The third kappa shape index (κ3) is 4.04. The lowest BCUT2D eigenvalue weighted by molar-refractivity contribution is 0.600. The number of nitrogens with zero attached hydrogens (tertiary/aromatic N) is 6. The predicted molar refractivity (Wildman–Crippen MR) is 131 cm³/mol. The van der Waals surface area contributed by atoms with E-state index < -0.39 is 9.84 Å². The SMILES string of the molecule is [C-]#[N+]CCCn1c(Cn2nc(-c3ccc(S(C)(=O)=O)cc3)c3ccncc32)nc2ccccc21. The molecule has 170 valence electrons. The van der Waals surface area contributed by atoms with Gasteiger partial charge in [0.05, 0.1) is 34.2 Å². The quantitative estimate of drug-likeness (QED) is 0.263. The number of sulfone groups is 1. The van der Waals surface area contributed by atoms with E-state index in [2.05, 4.69) is 14.4 Å². The number of aryl methyl sites for hydroxylation is 1. The smallest absolute Gasteiger partial charge is 0.216 e. The molecule has 0 saturated heterocycles. The van der Waals surface area contributed by atoms with Gasteiger partial charge in [-0.05, 0) is 30.3 Å². The van der Waals surface area contributed by atoms with Gasteiger partial charge in [-0.15, -0.1) is 0 Å². The highest BCUT2D eigenvalue weighted by Gasteiger charge is 2.17. The second-order valence-corrected chi connectivity index (χ2v) is 10.1. The van der Waals surface area contributed by atoms with Crippen molar-refractivity contribution in [1.29, 1.82) is 0 Å². The van der Waals surface area contributed by atoms with Crippen molar-refractivity contribution in [2.24, 2.45) is 0 Å². The molecular formula is C25H22N6O2S. The van der Waals surface area contributed by atoms with Gasteiger partial charge in [0.2, 0.25) is 6.54 Å². The Balaban J connectivity index is 1.58. The van der Waals surface area contributed by atoms with Crippen molar-refractivity contribution in [3.63, 3.8) is 0 Å². The Morgan fingerprint density at radius 2 is 1.82 bits per heavy atom. The molecule has 9 heteroatoms. The van der Waals surface area contributed by atoms with Crippen LogP contribution in [0.15, 0.2) is 71.9 Å². The number of para-hydroxylation sites is 2. The Hall–Kier alpha value is -4.03. The molecule has 0 bridgehead atoms. The van der Waals surface area contributed by atoms with E-state index in [0.717, 1.165) is 45.4 Å². The summed E-state index contributed by atoms with van der Waals surface area (Å²) in [6, 6.07) is 16.7. The third-order valence-corrected chi connectivity index (χ3v) is 6.91. The van der Waals surface area contributed by atoms with Crippen LogP contribution >= 0.6 is 0 Å². The Labute approximate surface area is 197 Å². The van der Waals surface area contributed by atoms with Crippen molar-refractivity contribution < 1.29 is 8.42 Å². The van der Waals surface area contributed by atoms with Crippen LogP contribution in [-0.4, -0.2) is 45.5 Å². The predicted octanol–water partition coefficient (Wildman–Crippen LogP) is 4.21. The molecule has 0 atom stereocenters. The molecule has 34 heavy (non-hydrogen) atoms. The van der Waals surface area contributed by atoms with E-state index in [1.165, 1.54) is 6.26 Å². The number of fused-ring (bicyclic) bond motifs is 2. The summed E-state index contributed by atoms with van der Waals surface area (Å²) in [4.78, 5) is 12.9. The van der Waals surface area contributed by atoms with Crippen LogP contribution in [0.1, 0.15) is 12.2 Å². The minimum absolute atomic E-state index is 0.273. The van der Waals surface area contributed by atoms with E-state index in [-0.39, 0.29) is 4.90 Å². The molecule has 3 aromatic heterocycles. The summed E-state index contributed by atoms with van der Waals surface area (Å²) in [5.74, 6) is 0.860. The highest BCUT2D eigenvalue weighted by atomic mass is 32.2. The zero-order valence-corrected chi connectivity index (χ0v) is 19.4. The number of aromatic nitrogens is 5. The lowest BCUT2D eigenvalue weighted by Crippen LogP contribution is -2.10. The van der Waals surface area contributed by atoms with Gasteiger partial charge in [-0.1, -0.05) is 24.3 Å². The highest BCUT2D eigenvalue weighted by Crippen LogP contribution is 2.29. The number of pyridine rings is 1. The van der Waals surface area contributed by atoms with E-state index in [1.54, 1.807) is 36.7 Å². The van der Waals surface area contributed by atoms with Gasteiger partial charge in [0.25, 0.3) is 0 Å². The molecule has 0 fully saturated rings. The minimum atomic E-state index is -3.27. The Bertz CT molecular complexity index is 1640. The average Bonchev–Trinajstić information content (AvgIpc) is 3.37. The van der Waals surface area contributed by atoms with Gasteiger partial charge in [0, 0.05) is 36.4 Å². The zero-order chi connectivity index (χ0) is 23.7. The molecule has 0 saturated carbocycles. The fraction of sp³-hybridized carbons (Fsp3) is 0.200. The summed E-state index contributed by atoms with van der Waals surface area (Å²) in [7, 11) is -3.27. The summed E-state index contributed by atoms with van der Waals surface area (Å²) in [5.41, 5.74) is 4.39. The summed E-state index contributed by atoms with van der Waals surface area (Å²) in [5, 5.41) is 5.81. The van der Waals surface area contributed by atoms with Crippen molar-refractivity contribution in [2.45, 2.75) is 24.4 Å². The van der Waals surface area contributed by atoms with Gasteiger partial charge in [-0.2, -0.15) is 5.10 Å². The summed E-state index contributed by atoms with van der Waals surface area (Å²) < 4.78 is 27.7. The largest absolute Gasteiger partial charge is 0.326 e. The monoisotopic (exact) mass is 470 g/mol. The second kappa shape index (κ2) is 8.72. The standard InChI is InChI=1S/C25H22N6O2S/c1-26-13-5-15-30-22-7-4-3-6-21(22)28-24(30)17-31-23-16-27-14-12-20(23)25(29-31)18-8-10-19(11-9-18)34(2,32)33/h3-4,6-12,14,16H,5,13,15,17H2,2H3. The van der Waals surface area contributed by atoms with Gasteiger partial charge in [0.1, 0.15) is 11.5 Å². The van der Waals surface area contributed by atoms with Crippen LogP contribution in [0, 0.1) is 6.57 Å². The summed E-state index contributed by atoms with van der Waals surface area (Å²) >= 11 is 0. The summed E-state index contributed by atoms with van der Waals surface area (Å²) in [6.07, 6.45) is 5.45. The molecule has 3 heterocycles. The molecule has 0 amide bonds.